The van der Waals surface area contributed by atoms with Crippen molar-refractivity contribution in [2.75, 3.05) is 15.5 Å². The smallest absolute Gasteiger partial charge is 0.283 e. The van der Waals surface area contributed by atoms with Crippen LogP contribution in [-0.4, -0.2) is 23.5 Å². The van der Waals surface area contributed by atoms with Crippen LogP contribution in [0.2, 0.25) is 0 Å². The van der Waals surface area contributed by atoms with Crippen LogP contribution in [0.5, 0.6) is 0 Å². The molecule has 1 aliphatic rings. The van der Waals surface area contributed by atoms with E-state index in [-0.39, 0.29) is 22.4 Å². The molecule has 0 fully saturated rings. The van der Waals surface area contributed by atoms with E-state index in [4.69, 9.17) is 11.6 Å². The molecule has 0 unspecified atom stereocenters. The number of para-hydroxylation sites is 1. The maximum atomic E-state index is 13.1. The quantitative estimate of drug-likeness (QED) is 0.355. The number of rotatable bonds is 7. The summed E-state index contributed by atoms with van der Waals surface area (Å²) < 4.78 is 0. The van der Waals surface area contributed by atoms with Crippen LogP contribution < -0.4 is 15.5 Å². The van der Waals surface area contributed by atoms with Gasteiger partial charge in [-0.2, -0.15) is 0 Å². The number of benzene rings is 3. The van der Waals surface area contributed by atoms with Crippen LogP contribution in [-0.2, 0) is 16.0 Å². The van der Waals surface area contributed by atoms with Crippen molar-refractivity contribution in [1.29, 1.82) is 0 Å². The van der Waals surface area contributed by atoms with Gasteiger partial charge in [0.05, 0.1) is 5.69 Å². The normalized spacial score (nSPS) is 13.3. The van der Waals surface area contributed by atoms with Gasteiger partial charge >= 0.3 is 0 Å². The standard InChI is InChI=1S/C27H22ClN3O4/c1-3-17-6-4-5-7-22(17)31-26(34)23(28)24(27(31)35)29-20-14-10-19(11-15-20)25(33)30-21-12-8-18(9-13-21)16(2)32/h4-15,29H,3H2,1-2H3,(H,30,33). The highest BCUT2D eigenvalue weighted by Gasteiger charge is 2.39. The summed E-state index contributed by atoms with van der Waals surface area (Å²) in [5.41, 5.74) is 3.33. The number of hydrogen-bond acceptors (Lipinski definition) is 5. The van der Waals surface area contributed by atoms with Gasteiger partial charge in [-0.05, 0) is 73.5 Å². The molecule has 35 heavy (non-hydrogen) atoms. The number of carbonyl (C=O) groups excluding carboxylic acids is 4. The summed E-state index contributed by atoms with van der Waals surface area (Å²) in [4.78, 5) is 50.8. The van der Waals surface area contributed by atoms with Crippen molar-refractivity contribution in [3.63, 3.8) is 0 Å². The van der Waals surface area contributed by atoms with Crippen LogP contribution in [0.15, 0.2) is 83.5 Å². The van der Waals surface area contributed by atoms with E-state index >= 15 is 0 Å². The van der Waals surface area contributed by atoms with Gasteiger partial charge in [-0.3, -0.25) is 19.2 Å². The number of nitrogens with one attached hydrogen (secondary N) is 2. The summed E-state index contributed by atoms with van der Waals surface area (Å²) in [6.45, 7) is 3.42. The molecule has 0 aromatic heterocycles. The lowest BCUT2D eigenvalue weighted by Crippen LogP contribution is -2.33. The minimum absolute atomic E-state index is 0.0228. The molecule has 0 saturated heterocycles. The number of ketones is 1. The molecule has 0 radical (unpaired) electrons. The molecule has 3 aromatic rings. The van der Waals surface area contributed by atoms with Crippen molar-refractivity contribution >= 4 is 52.2 Å². The Hall–Kier alpha value is -4.23. The van der Waals surface area contributed by atoms with E-state index in [2.05, 4.69) is 10.6 Å². The molecule has 1 aliphatic heterocycles. The highest BCUT2D eigenvalue weighted by Crippen LogP contribution is 2.32. The second-order valence-corrected chi connectivity index (χ2v) is 8.28. The molecule has 0 spiro atoms. The van der Waals surface area contributed by atoms with Crippen molar-refractivity contribution in [2.45, 2.75) is 20.3 Å². The highest BCUT2D eigenvalue weighted by molar-refractivity contribution is 6.53. The number of Topliss-reactive ketones (excluding diaryl/α,β-unsaturated/α-hetero) is 1. The molecule has 8 heteroatoms. The third-order valence-corrected chi connectivity index (χ3v) is 5.96. The van der Waals surface area contributed by atoms with Crippen molar-refractivity contribution in [1.82, 2.24) is 0 Å². The number of carbonyl (C=O) groups is 4. The minimum Gasteiger partial charge on any atom is -0.350 e. The molecular weight excluding hydrogens is 466 g/mol. The lowest BCUT2D eigenvalue weighted by atomic mass is 10.1. The number of imide groups is 1. The fourth-order valence-corrected chi connectivity index (χ4v) is 3.91. The Balaban J connectivity index is 1.47. The number of nitrogens with zero attached hydrogens (tertiary/aromatic N) is 1. The zero-order valence-corrected chi connectivity index (χ0v) is 19.8. The molecule has 4 rings (SSSR count). The van der Waals surface area contributed by atoms with Gasteiger partial charge < -0.3 is 10.6 Å². The van der Waals surface area contributed by atoms with Crippen LogP contribution in [0.1, 0.15) is 40.1 Å². The summed E-state index contributed by atoms with van der Waals surface area (Å²) in [6.07, 6.45) is 0.651. The fourth-order valence-electron chi connectivity index (χ4n) is 3.70. The van der Waals surface area contributed by atoms with Gasteiger partial charge in [0.15, 0.2) is 5.78 Å². The Morgan fingerprint density at radius 3 is 2.06 bits per heavy atom. The topological polar surface area (TPSA) is 95.6 Å². The Bertz CT molecular complexity index is 1360. The third kappa shape index (κ3) is 4.85. The lowest BCUT2D eigenvalue weighted by molar-refractivity contribution is -0.120. The highest BCUT2D eigenvalue weighted by atomic mass is 35.5. The minimum atomic E-state index is -0.591. The van der Waals surface area contributed by atoms with E-state index in [9.17, 15) is 19.2 Å². The van der Waals surface area contributed by atoms with E-state index < -0.39 is 11.8 Å². The summed E-state index contributed by atoms with van der Waals surface area (Å²) in [7, 11) is 0. The van der Waals surface area contributed by atoms with Crippen molar-refractivity contribution in [3.05, 3.63) is 100 Å². The summed E-state index contributed by atoms with van der Waals surface area (Å²) in [5, 5.41) is 5.48. The first kappa shape index (κ1) is 23.9. The molecule has 0 bridgehead atoms. The largest absolute Gasteiger partial charge is 0.350 e. The monoisotopic (exact) mass is 487 g/mol. The number of aryl methyl sites for hydroxylation is 1. The lowest BCUT2D eigenvalue weighted by Gasteiger charge is -2.18. The van der Waals surface area contributed by atoms with Gasteiger partial charge in [-0.15, -0.1) is 0 Å². The van der Waals surface area contributed by atoms with Crippen molar-refractivity contribution < 1.29 is 19.2 Å². The summed E-state index contributed by atoms with van der Waals surface area (Å²) in [5.74, 6) is -1.52. The molecule has 3 aromatic carbocycles. The van der Waals surface area contributed by atoms with E-state index in [0.717, 1.165) is 10.5 Å². The van der Waals surface area contributed by atoms with E-state index in [1.54, 1.807) is 60.7 Å². The van der Waals surface area contributed by atoms with Gasteiger partial charge in [-0.25, -0.2) is 4.90 Å². The molecule has 0 aliphatic carbocycles. The average Bonchev–Trinajstić information content (AvgIpc) is 3.07. The van der Waals surface area contributed by atoms with Gasteiger partial charge in [0, 0.05) is 22.5 Å². The average molecular weight is 488 g/mol. The van der Waals surface area contributed by atoms with Crippen LogP contribution in [0.4, 0.5) is 17.1 Å². The molecule has 7 nitrogen and oxygen atoms in total. The fraction of sp³-hybridized carbons (Fsp3) is 0.111. The van der Waals surface area contributed by atoms with Crippen molar-refractivity contribution in [3.8, 4) is 0 Å². The first-order valence-electron chi connectivity index (χ1n) is 11.0. The second kappa shape index (κ2) is 9.95. The molecule has 2 N–H and O–H groups in total. The van der Waals surface area contributed by atoms with Gasteiger partial charge in [0.25, 0.3) is 17.7 Å². The summed E-state index contributed by atoms with van der Waals surface area (Å²) >= 11 is 6.24. The van der Waals surface area contributed by atoms with Gasteiger partial charge in [0.2, 0.25) is 0 Å². The number of amides is 3. The van der Waals surface area contributed by atoms with E-state index in [1.807, 2.05) is 19.1 Å². The maximum absolute atomic E-state index is 13.1. The molecular formula is C27H22ClN3O4. The van der Waals surface area contributed by atoms with Crippen LogP contribution in [0.25, 0.3) is 0 Å². The van der Waals surface area contributed by atoms with Crippen LogP contribution in [0.3, 0.4) is 0 Å². The molecule has 0 saturated carbocycles. The first-order chi connectivity index (χ1) is 16.8. The van der Waals surface area contributed by atoms with E-state index in [1.165, 1.54) is 6.92 Å². The Morgan fingerprint density at radius 2 is 1.43 bits per heavy atom. The van der Waals surface area contributed by atoms with Crippen LogP contribution in [0, 0.1) is 0 Å². The number of anilines is 3. The third-order valence-electron chi connectivity index (χ3n) is 5.61. The first-order valence-corrected chi connectivity index (χ1v) is 11.3. The van der Waals surface area contributed by atoms with Gasteiger partial charge in [-0.1, -0.05) is 36.7 Å². The van der Waals surface area contributed by atoms with Crippen molar-refractivity contribution in [2.24, 2.45) is 0 Å². The predicted molar refractivity (Wildman–Crippen MR) is 136 cm³/mol. The molecule has 3 amide bonds. The Morgan fingerprint density at radius 1 is 0.829 bits per heavy atom. The van der Waals surface area contributed by atoms with Crippen LogP contribution >= 0.6 is 11.6 Å². The molecule has 0 atom stereocenters. The van der Waals surface area contributed by atoms with Gasteiger partial charge in [0.1, 0.15) is 10.7 Å². The zero-order chi connectivity index (χ0) is 25.1. The maximum Gasteiger partial charge on any atom is 0.283 e. The number of halogens is 1. The number of hydrogen-bond donors (Lipinski definition) is 2. The summed E-state index contributed by atoms with van der Waals surface area (Å²) in [6, 6.07) is 20.2. The zero-order valence-electron chi connectivity index (χ0n) is 19.1. The Labute approximate surface area is 207 Å². The Kier molecular flexibility index (Phi) is 6.80. The molecule has 1 heterocycles. The SMILES string of the molecule is CCc1ccccc1N1C(=O)C(Cl)=C(Nc2ccc(C(=O)Nc3ccc(C(C)=O)cc3)cc2)C1=O. The van der Waals surface area contributed by atoms with E-state index in [0.29, 0.717) is 34.6 Å². The predicted octanol–water partition coefficient (Wildman–Crippen LogP) is 5.14. The molecule has 176 valence electrons. The second-order valence-electron chi connectivity index (χ2n) is 7.91.